The van der Waals surface area contributed by atoms with E-state index in [-0.39, 0.29) is 17.4 Å². The van der Waals surface area contributed by atoms with Gasteiger partial charge in [-0.25, -0.2) is 0 Å². The maximum Gasteiger partial charge on any atom is 0.155 e. The lowest BCUT2D eigenvalue weighted by Crippen LogP contribution is -2.20. The molecule has 0 aliphatic heterocycles. The van der Waals surface area contributed by atoms with E-state index in [1.807, 2.05) is 0 Å². The Kier molecular flexibility index (Phi) is 2.45. The van der Waals surface area contributed by atoms with Crippen LogP contribution in [0.25, 0.3) is 0 Å². The first-order valence-corrected chi connectivity index (χ1v) is 5.49. The predicted molar refractivity (Wildman–Crippen MR) is 59.2 cm³/mol. The summed E-state index contributed by atoms with van der Waals surface area (Å²) in [6.07, 6.45) is 0.887. The number of hydrogen-bond donors (Lipinski definition) is 1. The summed E-state index contributed by atoms with van der Waals surface area (Å²) in [6.45, 7) is 4.24. The standard InChI is InChI=1S/C10H12Cl2N2O/c1-9(2)4-10(9,5-15)6-3-7(11)13-14-8(6)12/h3,15H,4-5H2,1-2H3. The van der Waals surface area contributed by atoms with Gasteiger partial charge < -0.3 is 5.11 Å². The van der Waals surface area contributed by atoms with E-state index in [1.54, 1.807) is 6.07 Å². The molecular weight excluding hydrogens is 235 g/mol. The molecule has 1 aliphatic carbocycles. The average Bonchev–Trinajstić information content (AvgIpc) is 2.74. The highest BCUT2D eigenvalue weighted by atomic mass is 35.5. The molecular formula is C10H12Cl2N2O. The van der Waals surface area contributed by atoms with Crippen LogP contribution >= 0.6 is 23.2 Å². The van der Waals surface area contributed by atoms with E-state index in [0.29, 0.717) is 10.3 Å². The van der Waals surface area contributed by atoms with E-state index in [1.165, 1.54) is 0 Å². The Labute approximate surface area is 98.4 Å². The molecule has 15 heavy (non-hydrogen) atoms. The second-order valence-corrected chi connectivity index (χ2v) is 5.42. The Balaban J connectivity index is 2.50. The fourth-order valence-corrected chi connectivity index (χ4v) is 2.63. The van der Waals surface area contributed by atoms with E-state index < -0.39 is 0 Å². The Bertz CT molecular complexity index is 408. The van der Waals surface area contributed by atoms with Gasteiger partial charge in [0.05, 0.1) is 6.61 Å². The maximum atomic E-state index is 9.51. The Hall–Kier alpha value is -0.380. The van der Waals surface area contributed by atoms with Gasteiger partial charge in [-0.05, 0) is 17.9 Å². The van der Waals surface area contributed by atoms with Gasteiger partial charge in [0.25, 0.3) is 0 Å². The molecule has 0 aromatic carbocycles. The van der Waals surface area contributed by atoms with Crippen LogP contribution in [-0.2, 0) is 5.41 Å². The van der Waals surface area contributed by atoms with Crippen LogP contribution < -0.4 is 0 Å². The molecule has 1 saturated carbocycles. The van der Waals surface area contributed by atoms with Gasteiger partial charge in [-0.2, -0.15) is 0 Å². The monoisotopic (exact) mass is 246 g/mol. The van der Waals surface area contributed by atoms with Crippen LogP contribution in [0.5, 0.6) is 0 Å². The van der Waals surface area contributed by atoms with Crippen molar-refractivity contribution in [2.75, 3.05) is 6.61 Å². The molecule has 5 heteroatoms. The smallest absolute Gasteiger partial charge is 0.155 e. The lowest BCUT2D eigenvalue weighted by atomic mass is 9.90. The number of halogens is 2. The highest BCUT2D eigenvalue weighted by molar-refractivity contribution is 6.31. The summed E-state index contributed by atoms with van der Waals surface area (Å²) in [5.74, 6) is 0. The van der Waals surface area contributed by atoms with Gasteiger partial charge in [-0.3, -0.25) is 0 Å². The quantitative estimate of drug-likeness (QED) is 0.873. The molecule has 1 atom stereocenters. The van der Waals surface area contributed by atoms with Crippen molar-refractivity contribution in [1.82, 2.24) is 10.2 Å². The van der Waals surface area contributed by atoms with Gasteiger partial charge in [-0.1, -0.05) is 37.0 Å². The van der Waals surface area contributed by atoms with E-state index >= 15 is 0 Å². The maximum absolute atomic E-state index is 9.51. The summed E-state index contributed by atoms with van der Waals surface area (Å²) in [7, 11) is 0. The number of aromatic nitrogens is 2. The van der Waals surface area contributed by atoms with Crippen molar-refractivity contribution in [3.05, 3.63) is 21.9 Å². The first-order valence-electron chi connectivity index (χ1n) is 4.73. The summed E-state index contributed by atoms with van der Waals surface area (Å²) >= 11 is 11.8. The molecule has 0 amide bonds. The summed E-state index contributed by atoms with van der Waals surface area (Å²) in [4.78, 5) is 0. The molecule has 0 spiro atoms. The largest absolute Gasteiger partial charge is 0.395 e. The van der Waals surface area contributed by atoms with Crippen LogP contribution in [0.2, 0.25) is 10.3 Å². The summed E-state index contributed by atoms with van der Waals surface area (Å²) in [5.41, 5.74) is 0.540. The van der Waals surface area contributed by atoms with Gasteiger partial charge in [0.1, 0.15) is 0 Å². The van der Waals surface area contributed by atoms with E-state index in [4.69, 9.17) is 23.2 Å². The van der Waals surface area contributed by atoms with Gasteiger partial charge >= 0.3 is 0 Å². The summed E-state index contributed by atoms with van der Waals surface area (Å²) in [5, 5.41) is 17.6. The molecule has 1 N–H and O–H groups in total. The Morgan fingerprint density at radius 1 is 1.40 bits per heavy atom. The zero-order chi connectivity index (χ0) is 11.3. The normalized spacial score (nSPS) is 27.8. The van der Waals surface area contributed by atoms with Crippen molar-refractivity contribution >= 4 is 23.2 Å². The molecule has 1 heterocycles. The third kappa shape index (κ3) is 1.53. The number of aliphatic hydroxyl groups is 1. The highest BCUT2D eigenvalue weighted by Gasteiger charge is 2.62. The number of hydrogen-bond acceptors (Lipinski definition) is 3. The second-order valence-electron chi connectivity index (χ2n) is 4.67. The SMILES string of the molecule is CC1(C)CC1(CO)c1cc(Cl)nnc1Cl. The topological polar surface area (TPSA) is 46.0 Å². The second kappa shape index (κ2) is 3.30. The van der Waals surface area contributed by atoms with Crippen molar-refractivity contribution in [3.63, 3.8) is 0 Å². The number of rotatable bonds is 2. The van der Waals surface area contributed by atoms with Crippen molar-refractivity contribution in [1.29, 1.82) is 0 Å². The number of aliphatic hydroxyl groups excluding tert-OH is 1. The Morgan fingerprint density at radius 3 is 2.47 bits per heavy atom. The summed E-state index contributed by atoms with van der Waals surface area (Å²) < 4.78 is 0. The zero-order valence-electron chi connectivity index (χ0n) is 8.59. The van der Waals surface area contributed by atoms with Crippen LogP contribution in [0.4, 0.5) is 0 Å². The van der Waals surface area contributed by atoms with Gasteiger partial charge in [-0.15, -0.1) is 10.2 Å². The van der Waals surface area contributed by atoms with Gasteiger partial charge in [0, 0.05) is 11.0 Å². The molecule has 1 aliphatic rings. The van der Waals surface area contributed by atoms with Crippen LogP contribution in [0.15, 0.2) is 6.07 Å². The Morgan fingerprint density at radius 2 is 2.00 bits per heavy atom. The molecule has 82 valence electrons. The summed E-state index contributed by atoms with van der Waals surface area (Å²) in [6, 6.07) is 1.70. The average molecular weight is 247 g/mol. The molecule has 0 saturated heterocycles. The molecule has 1 unspecified atom stereocenters. The number of nitrogens with zero attached hydrogens (tertiary/aromatic N) is 2. The van der Waals surface area contributed by atoms with Crippen molar-refractivity contribution in [2.45, 2.75) is 25.7 Å². The lowest BCUT2D eigenvalue weighted by Gasteiger charge is -2.18. The minimum atomic E-state index is -0.302. The molecule has 2 rings (SSSR count). The molecule has 0 radical (unpaired) electrons. The molecule has 3 nitrogen and oxygen atoms in total. The molecule has 1 aromatic heterocycles. The molecule has 1 fully saturated rings. The van der Waals surface area contributed by atoms with E-state index in [0.717, 1.165) is 12.0 Å². The minimum absolute atomic E-state index is 0.0394. The van der Waals surface area contributed by atoms with Crippen LogP contribution in [0, 0.1) is 5.41 Å². The third-order valence-electron chi connectivity index (χ3n) is 3.42. The fourth-order valence-electron chi connectivity index (χ4n) is 2.21. The molecule has 0 bridgehead atoms. The van der Waals surface area contributed by atoms with Crippen molar-refractivity contribution in [3.8, 4) is 0 Å². The zero-order valence-corrected chi connectivity index (χ0v) is 10.1. The minimum Gasteiger partial charge on any atom is -0.395 e. The van der Waals surface area contributed by atoms with Crippen LogP contribution in [-0.4, -0.2) is 21.9 Å². The van der Waals surface area contributed by atoms with Gasteiger partial charge in [0.15, 0.2) is 10.3 Å². The van der Waals surface area contributed by atoms with Gasteiger partial charge in [0.2, 0.25) is 0 Å². The van der Waals surface area contributed by atoms with E-state index in [2.05, 4.69) is 24.0 Å². The molecule has 1 aromatic rings. The van der Waals surface area contributed by atoms with Crippen LogP contribution in [0.3, 0.4) is 0 Å². The van der Waals surface area contributed by atoms with Crippen LogP contribution in [0.1, 0.15) is 25.8 Å². The first kappa shape index (κ1) is 11.1. The fraction of sp³-hybridized carbons (Fsp3) is 0.600. The third-order valence-corrected chi connectivity index (χ3v) is 3.88. The first-order chi connectivity index (χ1) is 6.93. The lowest BCUT2D eigenvalue weighted by molar-refractivity contribution is 0.231. The van der Waals surface area contributed by atoms with Crippen molar-refractivity contribution < 1.29 is 5.11 Å². The van der Waals surface area contributed by atoms with Crippen molar-refractivity contribution in [2.24, 2.45) is 5.41 Å². The highest BCUT2D eigenvalue weighted by Crippen LogP contribution is 2.64. The van der Waals surface area contributed by atoms with E-state index in [9.17, 15) is 5.11 Å². The predicted octanol–water partition coefficient (Wildman–Crippen LogP) is 2.44.